The second-order valence-corrected chi connectivity index (χ2v) is 4.25. The van der Waals surface area contributed by atoms with Crippen LogP contribution in [0.25, 0.3) is 16.7 Å². The molecule has 90 valence electrons. The third-order valence-electron chi connectivity index (χ3n) is 3.14. The molecule has 0 amide bonds. The zero-order chi connectivity index (χ0) is 12.5. The first-order valence-corrected chi connectivity index (χ1v) is 6.02. The molecule has 0 saturated heterocycles. The fourth-order valence-corrected chi connectivity index (χ4v) is 2.33. The summed E-state index contributed by atoms with van der Waals surface area (Å²) < 4.78 is 2.18. The summed E-state index contributed by atoms with van der Waals surface area (Å²) in [6, 6.07) is 16.5. The number of hydrogen-bond donors (Lipinski definition) is 1. The van der Waals surface area contributed by atoms with E-state index in [1.54, 1.807) is 0 Å². The summed E-state index contributed by atoms with van der Waals surface area (Å²) >= 11 is 0. The summed E-state index contributed by atoms with van der Waals surface area (Å²) in [6.07, 6.45) is 0. The monoisotopic (exact) mass is 237 g/mol. The lowest BCUT2D eigenvalue weighted by Gasteiger charge is -2.12. The number of hydrogen-bond acceptors (Lipinski definition) is 2. The zero-order valence-electron chi connectivity index (χ0n) is 10.5. The van der Waals surface area contributed by atoms with Crippen molar-refractivity contribution in [1.29, 1.82) is 0 Å². The Morgan fingerprint density at radius 1 is 1.00 bits per heavy atom. The van der Waals surface area contributed by atoms with E-state index in [2.05, 4.69) is 33.1 Å². The second-order valence-electron chi connectivity index (χ2n) is 4.25. The molecule has 3 heteroatoms. The number of imidazole rings is 1. The molecule has 3 aromatic rings. The highest BCUT2D eigenvalue weighted by atomic mass is 15.1. The smallest absolute Gasteiger partial charge is 0.111 e. The molecule has 1 N–H and O–H groups in total. The number of benzene rings is 2. The van der Waals surface area contributed by atoms with Crippen LogP contribution in [0.4, 0.5) is 5.69 Å². The number of rotatable bonds is 2. The first-order chi connectivity index (χ1) is 8.81. The number of para-hydroxylation sites is 4. The van der Waals surface area contributed by atoms with Crippen LogP contribution in [0.1, 0.15) is 5.82 Å². The highest BCUT2D eigenvalue weighted by Crippen LogP contribution is 2.26. The molecule has 18 heavy (non-hydrogen) atoms. The molecule has 0 aliphatic carbocycles. The average Bonchev–Trinajstić information content (AvgIpc) is 2.74. The van der Waals surface area contributed by atoms with Crippen molar-refractivity contribution in [3.05, 3.63) is 54.4 Å². The Balaban J connectivity index is 2.34. The molecule has 1 aromatic heterocycles. The standard InChI is InChI=1S/C15H15N3/c1-11-17-13-8-4-6-10-15(13)18(11)14-9-5-3-7-12(14)16-2/h3-10,16H,1-2H3. The van der Waals surface area contributed by atoms with Gasteiger partial charge in [-0.25, -0.2) is 4.98 Å². The van der Waals surface area contributed by atoms with E-state index in [-0.39, 0.29) is 0 Å². The van der Waals surface area contributed by atoms with Crippen LogP contribution in [0.3, 0.4) is 0 Å². The molecule has 0 spiro atoms. The Hall–Kier alpha value is -2.29. The van der Waals surface area contributed by atoms with Gasteiger partial charge in [-0.1, -0.05) is 24.3 Å². The van der Waals surface area contributed by atoms with Gasteiger partial charge in [0.05, 0.1) is 22.4 Å². The number of nitrogens with one attached hydrogen (secondary N) is 1. The van der Waals surface area contributed by atoms with E-state index < -0.39 is 0 Å². The first-order valence-electron chi connectivity index (χ1n) is 6.02. The topological polar surface area (TPSA) is 29.9 Å². The Labute approximate surface area is 106 Å². The molecule has 0 aliphatic heterocycles. The lowest BCUT2D eigenvalue weighted by molar-refractivity contribution is 1.00. The Morgan fingerprint density at radius 2 is 1.72 bits per heavy atom. The minimum absolute atomic E-state index is 0.999. The summed E-state index contributed by atoms with van der Waals surface area (Å²) in [6.45, 7) is 2.03. The quantitative estimate of drug-likeness (QED) is 0.740. The molecular formula is C15H15N3. The summed E-state index contributed by atoms with van der Waals surface area (Å²) in [4.78, 5) is 4.60. The fraction of sp³-hybridized carbons (Fsp3) is 0.133. The molecule has 3 rings (SSSR count). The number of nitrogens with zero attached hydrogens (tertiary/aromatic N) is 2. The van der Waals surface area contributed by atoms with Gasteiger partial charge in [0, 0.05) is 7.05 Å². The molecule has 1 heterocycles. The molecule has 0 bridgehead atoms. The molecule has 0 saturated carbocycles. The van der Waals surface area contributed by atoms with E-state index in [1.165, 1.54) is 0 Å². The third kappa shape index (κ3) is 1.56. The van der Waals surface area contributed by atoms with E-state index in [0.717, 1.165) is 28.2 Å². The van der Waals surface area contributed by atoms with E-state index in [0.29, 0.717) is 0 Å². The van der Waals surface area contributed by atoms with Gasteiger partial charge in [-0.15, -0.1) is 0 Å². The Bertz CT molecular complexity index is 698. The van der Waals surface area contributed by atoms with Gasteiger partial charge in [-0.3, -0.25) is 4.57 Å². The van der Waals surface area contributed by atoms with E-state index >= 15 is 0 Å². The van der Waals surface area contributed by atoms with Gasteiger partial charge in [0.2, 0.25) is 0 Å². The second kappa shape index (κ2) is 4.18. The maximum Gasteiger partial charge on any atom is 0.111 e. The molecule has 2 aromatic carbocycles. The van der Waals surface area contributed by atoms with Gasteiger partial charge in [0.25, 0.3) is 0 Å². The third-order valence-corrected chi connectivity index (χ3v) is 3.14. The van der Waals surface area contributed by atoms with Crippen molar-refractivity contribution in [3.63, 3.8) is 0 Å². The van der Waals surface area contributed by atoms with Gasteiger partial charge in [-0.05, 0) is 31.2 Å². The van der Waals surface area contributed by atoms with Crippen LogP contribution in [0.5, 0.6) is 0 Å². The maximum atomic E-state index is 4.60. The van der Waals surface area contributed by atoms with E-state index in [9.17, 15) is 0 Å². The fourth-order valence-electron chi connectivity index (χ4n) is 2.33. The number of aryl methyl sites for hydroxylation is 1. The van der Waals surface area contributed by atoms with Crippen molar-refractivity contribution in [2.75, 3.05) is 12.4 Å². The van der Waals surface area contributed by atoms with Crippen molar-refractivity contribution in [2.45, 2.75) is 6.92 Å². The van der Waals surface area contributed by atoms with Gasteiger partial charge < -0.3 is 5.32 Å². The van der Waals surface area contributed by atoms with Crippen LogP contribution in [0.15, 0.2) is 48.5 Å². The molecular weight excluding hydrogens is 222 g/mol. The summed E-state index contributed by atoms with van der Waals surface area (Å²) in [5, 5.41) is 3.23. The van der Waals surface area contributed by atoms with Gasteiger partial charge in [-0.2, -0.15) is 0 Å². The molecule has 3 nitrogen and oxygen atoms in total. The summed E-state index contributed by atoms with van der Waals surface area (Å²) in [7, 11) is 1.94. The molecule has 0 fully saturated rings. The zero-order valence-corrected chi connectivity index (χ0v) is 10.5. The molecule has 0 radical (unpaired) electrons. The first kappa shape index (κ1) is 10.8. The van der Waals surface area contributed by atoms with E-state index in [4.69, 9.17) is 0 Å². The predicted molar refractivity (Wildman–Crippen MR) is 75.4 cm³/mol. The number of fused-ring (bicyclic) bond motifs is 1. The number of aromatic nitrogens is 2. The van der Waals surface area contributed by atoms with Crippen molar-refractivity contribution in [1.82, 2.24) is 9.55 Å². The minimum atomic E-state index is 0.999. The Morgan fingerprint density at radius 3 is 2.56 bits per heavy atom. The van der Waals surface area contributed by atoms with Crippen molar-refractivity contribution < 1.29 is 0 Å². The average molecular weight is 237 g/mol. The van der Waals surface area contributed by atoms with Crippen molar-refractivity contribution in [3.8, 4) is 5.69 Å². The molecule has 0 atom stereocenters. The number of anilines is 1. The van der Waals surface area contributed by atoms with Gasteiger partial charge in [0.1, 0.15) is 5.82 Å². The Kier molecular flexibility index (Phi) is 2.52. The summed E-state index contributed by atoms with van der Waals surface area (Å²) in [5.41, 5.74) is 4.40. The summed E-state index contributed by atoms with van der Waals surface area (Å²) in [5.74, 6) is 0.999. The van der Waals surface area contributed by atoms with Crippen LogP contribution < -0.4 is 5.32 Å². The lowest BCUT2D eigenvalue weighted by Crippen LogP contribution is -2.01. The van der Waals surface area contributed by atoms with Crippen LogP contribution >= 0.6 is 0 Å². The van der Waals surface area contributed by atoms with Crippen molar-refractivity contribution >= 4 is 16.7 Å². The van der Waals surface area contributed by atoms with Gasteiger partial charge in [0.15, 0.2) is 0 Å². The molecule has 0 unspecified atom stereocenters. The van der Waals surface area contributed by atoms with Crippen LogP contribution in [-0.2, 0) is 0 Å². The highest BCUT2D eigenvalue weighted by Gasteiger charge is 2.10. The van der Waals surface area contributed by atoms with Gasteiger partial charge >= 0.3 is 0 Å². The minimum Gasteiger partial charge on any atom is -0.386 e. The van der Waals surface area contributed by atoms with Crippen LogP contribution in [0, 0.1) is 6.92 Å². The molecule has 0 aliphatic rings. The SMILES string of the molecule is CNc1ccccc1-n1c(C)nc2ccccc21. The normalized spacial score (nSPS) is 10.8. The lowest BCUT2D eigenvalue weighted by atomic mass is 10.2. The van der Waals surface area contributed by atoms with E-state index in [1.807, 2.05) is 44.3 Å². The highest BCUT2D eigenvalue weighted by molar-refractivity contribution is 5.80. The predicted octanol–water partition coefficient (Wildman–Crippen LogP) is 3.38. The largest absolute Gasteiger partial charge is 0.386 e. The van der Waals surface area contributed by atoms with Crippen LogP contribution in [0.2, 0.25) is 0 Å². The maximum absolute atomic E-state index is 4.60. The van der Waals surface area contributed by atoms with Crippen LogP contribution in [-0.4, -0.2) is 16.6 Å². The van der Waals surface area contributed by atoms with Crippen molar-refractivity contribution in [2.24, 2.45) is 0 Å².